The molecule has 3 nitrogen and oxygen atoms in total. The number of benzene rings is 1. The molecular weight excluding hydrogens is 254 g/mol. The fourth-order valence-electron chi connectivity index (χ4n) is 2.65. The average Bonchev–Trinajstić information content (AvgIpc) is 2.96. The lowest BCUT2D eigenvalue weighted by Gasteiger charge is -2.10. The summed E-state index contributed by atoms with van der Waals surface area (Å²) in [6, 6.07) is 12.5. The van der Waals surface area contributed by atoms with E-state index in [0.717, 1.165) is 22.9 Å². The summed E-state index contributed by atoms with van der Waals surface area (Å²) in [6.07, 6.45) is 1.85. The minimum Gasteiger partial charge on any atom is -0.317 e. The van der Waals surface area contributed by atoms with Crippen molar-refractivity contribution in [2.24, 2.45) is 0 Å². The van der Waals surface area contributed by atoms with Crippen LogP contribution >= 0.6 is 11.8 Å². The molecule has 0 N–H and O–H groups in total. The first-order valence-electron chi connectivity index (χ1n) is 6.36. The van der Waals surface area contributed by atoms with E-state index in [0.29, 0.717) is 5.25 Å². The van der Waals surface area contributed by atoms with Crippen LogP contribution in [0.3, 0.4) is 0 Å². The van der Waals surface area contributed by atoms with Crippen LogP contribution in [0.4, 0.5) is 0 Å². The molecule has 0 saturated heterocycles. The molecule has 0 fully saturated rings. The third-order valence-corrected chi connectivity index (χ3v) is 4.82. The van der Waals surface area contributed by atoms with E-state index < -0.39 is 0 Å². The Morgan fingerprint density at radius 3 is 3.00 bits per heavy atom. The highest BCUT2D eigenvalue weighted by molar-refractivity contribution is 7.99. The summed E-state index contributed by atoms with van der Waals surface area (Å²) < 4.78 is 2.32. The van der Waals surface area contributed by atoms with E-state index in [1.807, 2.05) is 30.1 Å². The van der Waals surface area contributed by atoms with Gasteiger partial charge in [-0.1, -0.05) is 30.0 Å². The molecule has 0 spiro atoms. The van der Waals surface area contributed by atoms with E-state index in [2.05, 4.69) is 40.7 Å². The summed E-state index contributed by atoms with van der Waals surface area (Å²) in [5.74, 6) is 0. The number of rotatable bonds is 1. The van der Waals surface area contributed by atoms with Crippen LogP contribution < -0.4 is 0 Å². The number of aromatic nitrogens is 3. The molecule has 1 atom stereocenters. The molecule has 4 rings (SSSR count). The number of imidazole rings is 1. The normalized spacial score (nSPS) is 17.8. The van der Waals surface area contributed by atoms with Crippen LogP contribution in [0, 0.1) is 6.92 Å². The molecule has 0 radical (unpaired) electrons. The van der Waals surface area contributed by atoms with Crippen LogP contribution in [-0.2, 0) is 6.54 Å². The topological polar surface area (TPSA) is 30.7 Å². The molecule has 2 aromatic heterocycles. The molecule has 1 aliphatic heterocycles. The van der Waals surface area contributed by atoms with Gasteiger partial charge in [-0.25, -0.2) is 4.98 Å². The minimum absolute atomic E-state index is 0.431. The largest absolute Gasteiger partial charge is 0.317 e. The van der Waals surface area contributed by atoms with E-state index in [1.165, 1.54) is 11.1 Å². The number of para-hydroxylation sites is 2. The summed E-state index contributed by atoms with van der Waals surface area (Å²) in [6.45, 7) is 3.06. The zero-order chi connectivity index (χ0) is 12.8. The van der Waals surface area contributed by atoms with Crippen molar-refractivity contribution in [3.8, 4) is 0 Å². The van der Waals surface area contributed by atoms with E-state index in [1.54, 1.807) is 0 Å². The number of thioether (sulfide) groups is 1. The molecule has 1 aliphatic rings. The maximum Gasteiger partial charge on any atom is 0.169 e. The molecule has 0 saturated carbocycles. The predicted molar refractivity (Wildman–Crippen MR) is 77.3 cm³/mol. The average molecular weight is 267 g/mol. The van der Waals surface area contributed by atoms with Gasteiger partial charge in [0.25, 0.3) is 0 Å². The lowest BCUT2D eigenvalue weighted by Crippen LogP contribution is -2.01. The summed E-state index contributed by atoms with van der Waals surface area (Å²) >= 11 is 1.84. The quantitative estimate of drug-likeness (QED) is 0.675. The van der Waals surface area contributed by atoms with Gasteiger partial charge in [-0.15, -0.1) is 0 Å². The smallest absolute Gasteiger partial charge is 0.169 e. The Hall–Kier alpha value is -1.81. The molecule has 3 heterocycles. The van der Waals surface area contributed by atoms with Gasteiger partial charge in [0.15, 0.2) is 5.16 Å². The maximum absolute atomic E-state index is 4.70. The Bertz CT molecular complexity index is 763. The van der Waals surface area contributed by atoms with Gasteiger partial charge in [0, 0.05) is 18.4 Å². The Kier molecular flexibility index (Phi) is 2.38. The maximum atomic E-state index is 4.70. The van der Waals surface area contributed by atoms with Crippen LogP contribution in [-0.4, -0.2) is 14.5 Å². The van der Waals surface area contributed by atoms with Gasteiger partial charge < -0.3 is 4.57 Å². The fourth-order valence-corrected chi connectivity index (χ4v) is 3.95. The highest BCUT2D eigenvalue weighted by Crippen LogP contribution is 2.44. The minimum atomic E-state index is 0.431. The van der Waals surface area contributed by atoms with Crippen LogP contribution in [0.5, 0.6) is 0 Å². The summed E-state index contributed by atoms with van der Waals surface area (Å²) in [5.41, 5.74) is 4.76. The van der Waals surface area contributed by atoms with E-state index in [9.17, 15) is 0 Å². The second-order valence-electron chi connectivity index (χ2n) is 4.78. The number of hydrogen-bond donors (Lipinski definition) is 0. The molecule has 1 unspecified atom stereocenters. The van der Waals surface area contributed by atoms with Gasteiger partial charge in [0.1, 0.15) is 0 Å². The number of pyridine rings is 1. The van der Waals surface area contributed by atoms with Crippen LogP contribution in [0.15, 0.2) is 47.8 Å². The molecule has 4 heteroatoms. The van der Waals surface area contributed by atoms with Crippen molar-refractivity contribution < 1.29 is 0 Å². The first-order chi connectivity index (χ1) is 9.33. The van der Waals surface area contributed by atoms with Gasteiger partial charge in [0.2, 0.25) is 0 Å². The van der Waals surface area contributed by atoms with Gasteiger partial charge in [0.05, 0.1) is 16.3 Å². The standard InChI is InChI=1S/C15H13N3S/c1-10-11(5-4-8-16-10)14-9-18-13-7-3-2-6-12(13)17-15(18)19-14/h2-8,14H,9H2,1H3. The summed E-state index contributed by atoms with van der Waals surface area (Å²) in [5, 5.41) is 1.55. The Balaban J connectivity index is 1.77. The monoisotopic (exact) mass is 267 g/mol. The van der Waals surface area contributed by atoms with Crippen molar-refractivity contribution in [1.82, 2.24) is 14.5 Å². The molecule has 0 aliphatic carbocycles. The Labute approximate surface area is 115 Å². The van der Waals surface area contributed by atoms with Crippen molar-refractivity contribution >= 4 is 22.8 Å². The Morgan fingerprint density at radius 1 is 1.21 bits per heavy atom. The molecule has 3 aromatic rings. The highest BCUT2D eigenvalue weighted by Gasteiger charge is 2.27. The molecule has 19 heavy (non-hydrogen) atoms. The van der Waals surface area contributed by atoms with E-state index in [-0.39, 0.29) is 0 Å². The SMILES string of the molecule is Cc1ncccc1C1Cn2c(nc3ccccc32)S1. The van der Waals surface area contributed by atoms with Crippen molar-refractivity contribution in [3.05, 3.63) is 53.9 Å². The summed E-state index contributed by atoms with van der Waals surface area (Å²) in [7, 11) is 0. The fraction of sp³-hybridized carbons (Fsp3) is 0.200. The lowest BCUT2D eigenvalue weighted by molar-refractivity contribution is 0.679. The molecular formula is C15H13N3S. The third-order valence-electron chi connectivity index (χ3n) is 3.61. The zero-order valence-electron chi connectivity index (χ0n) is 10.6. The van der Waals surface area contributed by atoms with Gasteiger partial charge in [-0.05, 0) is 30.7 Å². The third kappa shape index (κ3) is 1.67. The highest BCUT2D eigenvalue weighted by atomic mass is 32.2. The van der Waals surface area contributed by atoms with E-state index in [4.69, 9.17) is 4.98 Å². The molecule has 94 valence electrons. The Morgan fingerprint density at radius 2 is 2.11 bits per heavy atom. The molecule has 0 amide bonds. The number of nitrogens with zero attached hydrogens (tertiary/aromatic N) is 3. The van der Waals surface area contributed by atoms with Crippen LogP contribution in [0.1, 0.15) is 16.5 Å². The van der Waals surface area contributed by atoms with Crippen molar-refractivity contribution in [2.45, 2.75) is 23.9 Å². The van der Waals surface area contributed by atoms with Crippen molar-refractivity contribution in [1.29, 1.82) is 0 Å². The van der Waals surface area contributed by atoms with Crippen LogP contribution in [0.25, 0.3) is 11.0 Å². The first-order valence-corrected chi connectivity index (χ1v) is 7.24. The first kappa shape index (κ1) is 11.1. The van der Waals surface area contributed by atoms with Crippen molar-refractivity contribution in [2.75, 3.05) is 0 Å². The number of aryl methyl sites for hydroxylation is 1. The lowest BCUT2D eigenvalue weighted by atomic mass is 10.1. The summed E-state index contributed by atoms with van der Waals surface area (Å²) in [4.78, 5) is 9.09. The second-order valence-corrected chi connectivity index (χ2v) is 5.95. The van der Waals surface area contributed by atoms with E-state index >= 15 is 0 Å². The van der Waals surface area contributed by atoms with Crippen molar-refractivity contribution in [3.63, 3.8) is 0 Å². The zero-order valence-corrected chi connectivity index (χ0v) is 11.4. The van der Waals surface area contributed by atoms with Gasteiger partial charge >= 0.3 is 0 Å². The number of hydrogen-bond acceptors (Lipinski definition) is 3. The van der Waals surface area contributed by atoms with Gasteiger partial charge in [-0.2, -0.15) is 0 Å². The van der Waals surface area contributed by atoms with Gasteiger partial charge in [-0.3, -0.25) is 4.98 Å². The second kappa shape index (κ2) is 4.10. The molecule has 1 aromatic carbocycles. The number of fused-ring (bicyclic) bond motifs is 3. The van der Waals surface area contributed by atoms with Crippen LogP contribution in [0.2, 0.25) is 0 Å². The molecule has 0 bridgehead atoms. The predicted octanol–water partition coefficient (Wildman–Crippen LogP) is 3.59.